The van der Waals surface area contributed by atoms with Crippen LogP contribution in [-0.2, 0) is 9.47 Å². The van der Waals surface area contributed by atoms with Crippen molar-refractivity contribution >= 4 is 0 Å². The molecule has 1 N–H and O–H groups in total. The van der Waals surface area contributed by atoms with E-state index in [1.807, 2.05) is 0 Å². The second-order valence-corrected chi connectivity index (χ2v) is 6.22. The predicted molar refractivity (Wildman–Crippen MR) is 76.0 cm³/mol. The monoisotopic (exact) mass is 257 g/mol. The Bertz CT molecular complexity index is 193. The summed E-state index contributed by atoms with van der Waals surface area (Å²) in [5, 5.41) is 3.60. The molecule has 3 nitrogen and oxygen atoms in total. The molecule has 1 fully saturated rings. The minimum Gasteiger partial charge on any atom is -0.378 e. The third-order valence-corrected chi connectivity index (χ3v) is 3.30. The van der Waals surface area contributed by atoms with Gasteiger partial charge in [-0.15, -0.1) is 0 Å². The normalized spacial score (nSPS) is 18.8. The summed E-state index contributed by atoms with van der Waals surface area (Å²) in [5.41, 5.74) is -0.0536. The quantitative estimate of drug-likeness (QED) is 0.561. The fraction of sp³-hybridized carbons (Fsp3) is 1.00. The molecule has 108 valence electrons. The Morgan fingerprint density at radius 2 is 1.61 bits per heavy atom. The molecule has 18 heavy (non-hydrogen) atoms. The Balaban J connectivity index is 1.89. The SMILES string of the molecule is CC(C)(C)OCCOCCNC1CCCCCC1. The van der Waals surface area contributed by atoms with Crippen LogP contribution < -0.4 is 5.32 Å². The van der Waals surface area contributed by atoms with Crippen molar-refractivity contribution < 1.29 is 9.47 Å². The van der Waals surface area contributed by atoms with Gasteiger partial charge in [-0.05, 0) is 33.6 Å². The molecule has 0 heterocycles. The van der Waals surface area contributed by atoms with Gasteiger partial charge in [-0.25, -0.2) is 0 Å². The van der Waals surface area contributed by atoms with Crippen molar-refractivity contribution in [2.45, 2.75) is 70.9 Å². The molecule has 1 aliphatic rings. The summed E-state index contributed by atoms with van der Waals surface area (Å²) in [6.45, 7) is 9.36. The Kier molecular flexibility index (Phi) is 7.87. The number of hydrogen-bond donors (Lipinski definition) is 1. The summed E-state index contributed by atoms with van der Waals surface area (Å²) in [6, 6.07) is 0.724. The van der Waals surface area contributed by atoms with Gasteiger partial charge < -0.3 is 14.8 Å². The van der Waals surface area contributed by atoms with Crippen molar-refractivity contribution in [3.05, 3.63) is 0 Å². The highest BCUT2D eigenvalue weighted by Crippen LogP contribution is 2.16. The number of hydrogen-bond acceptors (Lipinski definition) is 3. The predicted octanol–water partition coefficient (Wildman–Crippen LogP) is 3.13. The molecule has 0 amide bonds. The van der Waals surface area contributed by atoms with Crippen LogP contribution in [0.5, 0.6) is 0 Å². The lowest BCUT2D eigenvalue weighted by Crippen LogP contribution is -2.32. The van der Waals surface area contributed by atoms with Gasteiger partial charge in [-0.2, -0.15) is 0 Å². The van der Waals surface area contributed by atoms with Crippen LogP contribution in [0.15, 0.2) is 0 Å². The Morgan fingerprint density at radius 3 is 2.22 bits per heavy atom. The van der Waals surface area contributed by atoms with Crippen molar-refractivity contribution in [3.63, 3.8) is 0 Å². The van der Waals surface area contributed by atoms with Gasteiger partial charge in [0.25, 0.3) is 0 Å². The van der Waals surface area contributed by atoms with E-state index in [1.54, 1.807) is 0 Å². The Labute approximate surface area is 113 Å². The molecule has 1 saturated carbocycles. The number of ether oxygens (including phenoxy) is 2. The molecule has 0 radical (unpaired) electrons. The third kappa shape index (κ3) is 8.90. The minimum absolute atomic E-state index is 0.0536. The molecule has 0 aromatic rings. The largest absolute Gasteiger partial charge is 0.378 e. The Hall–Kier alpha value is -0.120. The summed E-state index contributed by atoms with van der Waals surface area (Å²) in [4.78, 5) is 0. The summed E-state index contributed by atoms with van der Waals surface area (Å²) in [6.07, 6.45) is 8.29. The maximum absolute atomic E-state index is 5.60. The smallest absolute Gasteiger partial charge is 0.0707 e. The Morgan fingerprint density at radius 1 is 0.944 bits per heavy atom. The molecule has 0 saturated heterocycles. The van der Waals surface area contributed by atoms with Gasteiger partial charge in [-0.3, -0.25) is 0 Å². The molecule has 0 atom stereocenters. The van der Waals surface area contributed by atoms with E-state index in [2.05, 4.69) is 26.1 Å². The van der Waals surface area contributed by atoms with E-state index in [0.717, 1.165) is 19.2 Å². The zero-order chi connectivity index (χ0) is 13.3. The van der Waals surface area contributed by atoms with Crippen LogP contribution in [0, 0.1) is 0 Å². The van der Waals surface area contributed by atoms with Gasteiger partial charge in [0.05, 0.1) is 25.4 Å². The summed E-state index contributed by atoms with van der Waals surface area (Å²) >= 11 is 0. The standard InChI is InChI=1S/C15H31NO2/c1-15(2,3)18-13-12-17-11-10-16-14-8-6-4-5-7-9-14/h14,16H,4-13H2,1-3H3. The van der Waals surface area contributed by atoms with Crippen LogP contribution in [0.4, 0.5) is 0 Å². The summed E-state index contributed by atoms with van der Waals surface area (Å²) in [5.74, 6) is 0. The van der Waals surface area contributed by atoms with Crippen molar-refractivity contribution in [1.29, 1.82) is 0 Å². The van der Waals surface area contributed by atoms with E-state index in [-0.39, 0.29) is 5.60 Å². The lowest BCUT2D eigenvalue weighted by Gasteiger charge is -2.19. The summed E-state index contributed by atoms with van der Waals surface area (Å²) < 4.78 is 11.2. The van der Waals surface area contributed by atoms with E-state index in [1.165, 1.54) is 38.5 Å². The molecule has 0 bridgehead atoms. The third-order valence-electron chi connectivity index (χ3n) is 3.30. The molecule has 0 aliphatic heterocycles. The maximum atomic E-state index is 5.60. The van der Waals surface area contributed by atoms with Gasteiger partial charge in [-0.1, -0.05) is 25.7 Å². The fourth-order valence-electron chi connectivity index (χ4n) is 2.33. The highest BCUT2D eigenvalue weighted by Gasteiger charge is 2.11. The van der Waals surface area contributed by atoms with Gasteiger partial charge in [0, 0.05) is 12.6 Å². The highest BCUT2D eigenvalue weighted by atomic mass is 16.5. The molecule has 1 aliphatic carbocycles. The van der Waals surface area contributed by atoms with Crippen LogP contribution in [0.2, 0.25) is 0 Å². The van der Waals surface area contributed by atoms with Gasteiger partial charge in [0.1, 0.15) is 0 Å². The van der Waals surface area contributed by atoms with Crippen molar-refractivity contribution in [3.8, 4) is 0 Å². The fourth-order valence-corrected chi connectivity index (χ4v) is 2.33. The topological polar surface area (TPSA) is 30.5 Å². The van der Waals surface area contributed by atoms with Crippen molar-refractivity contribution in [2.24, 2.45) is 0 Å². The van der Waals surface area contributed by atoms with Crippen molar-refractivity contribution in [1.82, 2.24) is 5.32 Å². The van der Waals surface area contributed by atoms with Gasteiger partial charge >= 0.3 is 0 Å². The van der Waals surface area contributed by atoms with Gasteiger partial charge in [0.15, 0.2) is 0 Å². The average molecular weight is 257 g/mol. The van der Waals surface area contributed by atoms with E-state index >= 15 is 0 Å². The van der Waals surface area contributed by atoms with Crippen molar-refractivity contribution in [2.75, 3.05) is 26.4 Å². The molecule has 3 heteroatoms. The van der Waals surface area contributed by atoms with E-state index in [9.17, 15) is 0 Å². The van der Waals surface area contributed by atoms with Gasteiger partial charge in [0.2, 0.25) is 0 Å². The molecule has 0 aromatic heterocycles. The second kappa shape index (κ2) is 8.89. The first-order valence-corrected chi connectivity index (χ1v) is 7.53. The lowest BCUT2D eigenvalue weighted by molar-refractivity contribution is -0.0344. The van der Waals surface area contributed by atoms with Crippen LogP contribution in [0.1, 0.15) is 59.3 Å². The second-order valence-electron chi connectivity index (χ2n) is 6.22. The molecular formula is C15H31NO2. The maximum Gasteiger partial charge on any atom is 0.0707 e. The molecule has 0 spiro atoms. The van der Waals surface area contributed by atoms with Crippen LogP contribution in [0.25, 0.3) is 0 Å². The zero-order valence-electron chi connectivity index (χ0n) is 12.5. The lowest BCUT2D eigenvalue weighted by atomic mass is 10.1. The molecular weight excluding hydrogens is 226 g/mol. The number of nitrogens with one attached hydrogen (secondary N) is 1. The minimum atomic E-state index is -0.0536. The van der Waals surface area contributed by atoms with Crippen LogP contribution >= 0.6 is 0 Å². The summed E-state index contributed by atoms with van der Waals surface area (Å²) in [7, 11) is 0. The molecule has 0 aromatic carbocycles. The van der Waals surface area contributed by atoms with Crippen LogP contribution in [-0.4, -0.2) is 38.0 Å². The van der Waals surface area contributed by atoms with E-state index in [0.29, 0.717) is 13.2 Å². The van der Waals surface area contributed by atoms with E-state index in [4.69, 9.17) is 9.47 Å². The average Bonchev–Trinajstić information content (AvgIpc) is 2.55. The first kappa shape index (κ1) is 15.9. The zero-order valence-corrected chi connectivity index (χ0v) is 12.5. The molecule has 0 unspecified atom stereocenters. The molecule has 1 rings (SSSR count). The number of rotatable bonds is 7. The first-order chi connectivity index (χ1) is 8.58. The highest BCUT2D eigenvalue weighted by molar-refractivity contribution is 4.70. The van der Waals surface area contributed by atoms with Crippen LogP contribution in [0.3, 0.4) is 0 Å². The first-order valence-electron chi connectivity index (χ1n) is 7.53. The van der Waals surface area contributed by atoms with E-state index < -0.39 is 0 Å².